The first-order chi connectivity index (χ1) is 9.33. The summed E-state index contributed by atoms with van der Waals surface area (Å²) in [4.78, 5) is 14.3. The minimum atomic E-state index is 0.139. The van der Waals surface area contributed by atoms with Crippen LogP contribution < -0.4 is 5.32 Å². The second-order valence-corrected chi connectivity index (χ2v) is 5.69. The van der Waals surface area contributed by atoms with Gasteiger partial charge in [-0.3, -0.25) is 0 Å². The molecule has 0 radical (unpaired) electrons. The first-order valence-electron chi connectivity index (χ1n) is 7.45. The molecule has 0 unspecified atom stereocenters. The van der Waals surface area contributed by atoms with E-state index in [2.05, 4.69) is 29.6 Å². The first kappa shape index (κ1) is 12.5. The van der Waals surface area contributed by atoms with E-state index in [4.69, 9.17) is 0 Å². The maximum atomic E-state index is 12.3. The van der Waals surface area contributed by atoms with Gasteiger partial charge in [-0.05, 0) is 36.8 Å². The zero-order chi connectivity index (χ0) is 13.1. The lowest BCUT2D eigenvalue weighted by Crippen LogP contribution is -2.45. The van der Waals surface area contributed by atoms with Crippen LogP contribution in [0.15, 0.2) is 24.3 Å². The number of rotatable bonds is 1. The maximum absolute atomic E-state index is 12.3. The lowest BCUT2D eigenvalue weighted by molar-refractivity contribution is 0.196. The minimum Gasteiger partial charge on any atom is -0.335 e. The first-order valence-corrected chi connectivity index (χ1v) is 7.45. The van der Waals surface area contributed by atoms with Crippen molar-refractivity contribution >= 4 is 6.03 Å². The standard InChI is InChI=1S/C16H22N2O/c19-16(17-15-7-3-4-8-15)18-11-9-13-5-1-2-6-14(13)10-12-18/h1-2,5-6,15H,3-4,7-12H2,(H,17,19). The summed E-state index contributed by atoms with van der Waals surface area (Å²) in [7, 11) is 0. The smallest absolute Gasteiger partial charge is 0.317 e. The summed E-state index contributed by atoms with van der Waals surface area (Å²) < 4.78 is 0. The molecular weight excluding hydrogens is 236 g/mol. The van der Waals surface area contributed by atoms with Crippen LogP contribution in [0.3, 0.4) is 0 Å². The molecule has 0 saturated heterocycles. The van der Waals surface area contributed by atoms with Gasteiger partial charge >= 0.3 is 6.03 Å². The Morgan fingerprint density at radius 2 is 1.63 bits per heavy atom. The molecule has 1 heterocycles. The van der Waals surface area contributed by atoms with E-state index in [9.17, 15) is 4.79 Å². The largest absolute Gasteiger partial charge is 0.335 e. The van der Waals surface area contributed by atoms with Crippen molar-refractivity contribution in [1.29, 1.82) is 0 Å². The molecule has 19 heavy (non-hydrogen) atoms. The van der Waals surface area contributed by atoms with Crippen LogP contribution in [0.25, 0.3) is 0 Å². The molecule has 1 aliphatic heterocycles. The average Bonchev–Trinajstić information content (AvgIpc) is 2.83. The molecule has 3 rings (SSSR count). The number of urea groups is 1. The molecule has 102 valence electrons. The van der Waals surface area contributed by atoms with Crippen LogP contribution in [0, 0.1) is 0 Å². The summed E-state index contributed by atoms with van der Waals surface area (Å²) >= 11 is 0. The highest BCUT2D eigenvalue weighted by atomic mass is 16.2. The number of carbonyl (C=O) groups is 1. The fraction of sp³-hybridized carbons (Fsp3) is 0.562. The predicted molar refractivity (Wildman–Crippen MR) is 76.2 cm³/mol. The molecule has 1 aliphatic carbocycles. The van der Waals surface area contributed by atoms with Gasteiger partial charge in [-0.15, -0.1) is 0 Å². The van der Waals surface area contributed by atoms with E-state index in [1.165, 1.54) is 24.0 Å². The Kier molecular flexibility index (Phi) is 3.72. The minimum absolute atomic E-state index is 0.139. The summed E-state index contributed by atoms with van der Waals surface area (Å²) in [6.45, 7) is 1.69. The summed E-state index contributed by atoms with van der Waals surface area (Å²) in [5, 5.41) is 3.19. The number of benzene rings is 1. The molecule has 3 heteroatoms. The Balaban J connectivity index is 1.60. The number of nitrogens with zero attached hydrogens (tertiary/aromatic N) is 1. The quantitative estimate of drug-likeness (QED) is 0.825. The predicted octanol–water partition coefficient (Wildman–Crippen LogP) is 2.74. The highest BCUT2D eigenvalue weighted by Crippen LogP contribution is 2.19. The van der Waals surface area contributed by atoms with E-state index in [1.807, 2.05) is 4.90 Å². The van der Waals surface area contributed by atoms with Gasteiger partial charge in [0.1, 0.15) is 0 Å². The van der Waals surface area contributed by atoms with E-state index >= 15 is 0 Å². The van der Waals surface area contributed by atoms with Gasteiger partial charge in [0.15, 0.2) is 0 Å². The number of hydrogen-bond acceptors (Lipinski definition) is 1. The molecule has 0 spiro atoms. The van der Waals surface area contributed by atoms with Crippen LogP contribution in [0.5, 0.6) is 0 Å². The Morgan fingerprint density at radius 1 is 1.05 bits per heavy atom. The molecule has 3 nitrogen and oxygen atoms in total. The zero-order valence-corrected chi connectivity index (χ0v) is 11.4. The monoisotopic (exact) mass is 258 g/mol. The van der Waals surface area contributed by atoms with Crippen LogP contribution in [-0.2, 0) is 12.8 Å². The number of carbonyl (C=O) groups excluding carboxylic acids is 1. The SMILES string of the molecule is O=C(NC1CCCC1)N1CCc2ccccc2CC1. The molecule has 1 aromatic rings. The summed E-state index contributed by atoms with van der Waals surface area (Å²) in [6, 6.07) is 9.11. The Labute approximate surface area is 115 Å². The van der Waals surface area contributed by atoms with Crippen molar-refractivity contribution in [3.63, 3.8) is 0 Å². The van der Waals surface area contributed by atoms with E-state index in [0.717, 1.165) is 38.8 Å². The van der Waals surface area contributed by atoms with E-state index < -0.39 is 0 Å². The number of hydrogen-bond donors (Lipinski definition) is 1. The van der Waals surface area contributed by atoms with Crippen LogP contribution in [0.4, 0.5) is 4.79 Å². The summed E-state index contributed by atoms with van der Waals surface area (Å²) in [5.41, 5.74) is 2.80. The maximum Gasteiger partial charge on any atom is 0.317 e. The third-order valence-corrected chi connectivity index (χ3v) is 4.39. The molecule has 1 saturated carbocycles. The number of nitrogens with one attached hydrogen (secondary N) is 1. The van der Waals surface area contributed by atoms with Crippen molar-refractivity contribution < 1.29 is 4.79 Å². The highest BCUT2D eigenvalue weighted by Gasteiger charge is 2.22. The molecular formula is C16H22N2O. The van der Waals surface area contributed by atoms with Gasteiger partial charge in [-0.2, -0.15) is 0 Å². The normalized spacial score (nSPS) is 19.9. The highest BCUT2D eigenvalue weighted by molar-refractivity contribution is 5.74. The van der Waals surface area contributed by atoms with Gasteiger partial charge in [-0.25, -0.2) is 4.79 Å². The molecule has 1 aromatic carbocycles. The number of amides is 2. The lowest BCUT2D eigenvalue weighted by atomic mass is 10.0. The molecule has 0 bridgehead atoms. The van der Waals surface area contributed by atoms with E-state index in [-0.39, 0.29) is 6.03 Å². The van der Waals surface area contributed by atoms with Crippen molar-refractivity contribution in [2.75, 3.05) is 13.1 Å². The number of fused-ring (bicyclic) bond motifs is 1. The third kappa shape index (κ3) is 2.91. The second kappa shape index (κ2) is 5.64. The van der Waals surface area contributed by atoms with Crippen molar-refractivity contribution in [3.8, 4) is 0 Å². The van der Waals surface area contributed by atoms with Crippen LogP contribution in [0.1, 0.15) is 36.8 Å². The van der Waals surface area contributed by atoms with Gasteiger partial charge < -0.3 is 10.2 Å². The van der Waals surface area contributed by atoms with Crippen molar-refractivity contribution in [2.24, 2.45) is 0 Å². The zero-order valence-electron chi connectivity index (χ0n) is 11.4. The van der Waals surface area contributed by atoms with Crippen LogP contribution in [-0.4, -0.2) is 30.1 Å². The van der Waals surface area contributed by atoms with Gasteiger partial charge in [0.05, 0.1) is 0 Å². The van der Waals surface area contributed by atoms with Gasteiger partial charge in [0, 0.05) is 19.1 Å². The van der Waals surface area contributed by atoms with Crippen molar-refractivity contribution in [1.82, 2.24) is 10.2 Å². The van der Waals surface area contributed by atoms with E-state index in [0.29, 0.717) is 6.04 Å². The summed E-state index contributed by atoms with van der Waals surface area (Å²) in [5.74, 6) is 0. The molecule has 2 amide bonds. The topological polar surface area (TPSA) is 32.3 Å². The Morgan fingerprint density at radius 3 is 2.21 bits per heavy atom. The Bertz CT molecular complexity index is 425. The van der Waals surface area contributed by atoms with Crippen molar-refractivity contribution in [3.05, 3.63) is 35.4 Å². The molecule has 0 atom stereocenters. The van der Waals surface area contributed by atoms with Crippen molar-refractivity contribution in [2.45, 2.75) is 44.6 Å². The van der Waals surface area contributed by atoms with Gasteiger partial charge in [0.25, 0.3) is 0 Å². The lowest BCUT2D eigenvalue weighted by Gasteiger charge is -2.23. The third-order valence-electron chi connectivity index (χ3n) is 4.39. The van der Waals surface area contributed by atoms with Gasteiger partial charge in [0.2, 0.25) is 0 Å². The second-order valence-electron chi connectivity index (χ2n) is 5.69. The van der Waals surface area contributed by atoms with Gasteiger partial charge in [-0.1, -0.05) is 37.1 Å². The molecule has 0 aromatic heterocycles. The molecule has 2 aliphatic rings. The average molecular weight is 258 g/mol. The Hall–Kier alpha value is -1.51. The summed E-state index contributed by atoms with van der Waals surface area (Å²) in [6.07, 6.45) is 6.79. The van der Waals surface area contributed by atoms with Crippen LogP contribution >= 0.6 is 0 Å². The fourth-order valence-corrected chi connectivity index (χ4v) is 3.21. The molecule has 1 fully saturated rings. The van der Waals surface area contributed by atoms with E-state index in [1.54, 1.807) is 0 Å². The fourth-order valence-electron chi connectivity index (χ4n) is 3.21. The molecule has 1 N–H and O–H groups in total. The van der Waals surface area contributed by atoms with Crippen LogP contribution in [0.2, 0.25) is 0 Å².